The first-order valence-electron chi connectivity index (χ1n) is 9.97. The van der Waals surface area contributed by atoms with Gasteiger partial charge in [-0.05, 0) is 36.4 Å². The molecule has 3 heterocycles. The average molecular weight is 465 g/mol. The molecule has 5 rings (SSSR count). The summed E-state index contributed by atoms with van der Waals surface area (Å²) in [7, 11) is 0. The summed E-state index contributed by atoms with van der Waals surface area (Å²) in [5.74, 6) is -0.993. The lowest BCUT2D eigenvalue weighted by atomic mass is 10.1. The minimum atomic E-state index is -4.55. The van der Waals surface area contributed by atoms with Crippen molar-refractivity contribution in [1.82, 2.24) is 14.6 Å². The van der Waals surface area contributed by atoms with Gasteiger partial charge < -0.3 is 10.1 Å². The number of anilines is 1. The molecule has 0 spiro atoms. The maximum atomic E-state index is 13.0. The minimum absolute atomic E-state index is 0.0695. The van der Waals surface area contributed by atoms with E-state index in [-0.39, 0.29) is 18.0 Å². The number of ether oxygens (including phenoxy) is 1. The van der Waals surface area contributed by atoms with Gasteiger partial charge in [0.25, 0.3) is 5.91 Å². The topological polar surface area (TPSA) is 98.0 Å². The van der Waals surface area contributed by atoms with Crippen molar-refractivity contribution in [2.24, 2.45) is 4.99 Å². The number of halogens is 3. The fourth-order valence-corrected chi connectivity index (χ4v) is 3.51. The molecule has 1 aliphatic rings. The first-order valence-corrected chi connectivity index (χ1v) is 9.97. The summed E-state index contributed by atoms with van der Waals surface area (Å²) >= 11 is 0. The summed E-state index contributed by atoms with van der Waals surface area (Å²) in [5, 5.41) is 6.95. The number of carbonyl (C=O) groups is 2. The third-order valence-corrected chi connectivity index (χ3v) is 5.06. The fourth-order valence-electron chi connectivity index (χ4n) is 3.51. The number of cyclic esters (lactones) is 1. The molecule has 0 saturated carbocycles. The molecule has 1 N–H and O–H groups in total. The highest BCUT2D eigenvalue weighted by molar-refractivity contribution is 6.08. The Hall–Kier alpha value is -4.54. The molecule has 0 saturated heterocycles. The van der Waals surface area contributed by atoms with Crippen molar-refractivity contribution < 1.29 is 27.5 Å². The summed E-state index contributed by atoms with van der Waals surface area (Å²) in [5.41, 5.74) is 1.53. The highest BCUT2D eigenvalue weighted by Crippen LogP contribution is 2.30. The summed E-state index contributed by atoms with van der Waals surface area (Å²) in [4.78, 5) is 32.3. The number of alkyl halides is 3. The molecule has 2 aromatic heterocycles. The van der Waals surface area contributed by atoms with E-state index in [4.69, 9.17) is 4.74 Å². The average Bonchev–Trinajstić information content (AvgIpc) is 3.44. The van der Waals surface area contributed by atoms with Crippen molar-refractivity contribution in [3.63, 3.8) is 0 Å². The van der Waals surface area contributed by atoms with Crippen LogP contribution in [0, 0.1) is 0 Å². The quantitative estimate of drug-likeness (QED) is 0.460. The van der Waals surface area contributed by atoms with Crippen molar-refractivity contribution in [1.29, 1.82) is 0 Å². The number of rotatable bonds is 4. The van der Waals surface area contributed by atoms with Crippen molar-refractivity contribution in [2.45, 2.75) is 6.18 Å². The van der Waals surface area contributed by atoms with Crippen molar-refractivity contribution in [3.8, 4) is 11.3 Å². The van der Waals surface area contributed by atoms with Gasteiger partial charge in [-0.1, -0.05) is 18.2 Å². The van der Waals surface area contributed by atoms with Gasteiger partial charge in [0, 0.05) is 23.0 Å². The number of hydrogen-bond acceptors (Lipinski definition) is 6. The lowest BCUT2D eigenvalue weighted by Crippen LogP contribution is -2.14. The van der Waals surface area contributed by atoms with Crippen LogP contribution in [0.25, 0.3) is 16.9 Å². The Morgan fingerprint density at radius 1 is 1.09 bits per heavy atom. The largest absolute Gasteiger partial charge is 0.416 e. The SMILES string of the molecule is O=C1CN=C(c2cnn3c(-c4cccc(NC(=O)c5cccc(C(F)(F)F)c5)c4)ccnc23)O1. The third-order valence-electron chi connectivity index (χ3n) is 5.06. The molecular formula is C23H14F3N5O3. The van der Waals surface area contributed by atoms with Gasteiger partial charge in [-0.3, -0.25) is 4.79 Å². The molecular weight excluding hydrogens is 451 g/mol. The number of aromatic nitrogens is 3. The van der Waals surface area contributed by atoms with E-state index in [0.717, 1.165) is 12.1 Å². The first kappa shape index (κ1) is 21.3. The standard InChI is InChI=1S/C23H14F3N5O3/c24-23(25,26)15-5-1-4-14(9-15)21(33)30-16-6-2-3-13(10-16)18-7-8-27-20-17(11-29-31(18)20)22-28-12-19(32)34-22/h1-11H,12H2,(H,30,33). The van der Waals surface area contributed by atoms with Gasteiger partial charge in [0.15, 0.2) is 5.65 Å². The fraction of sp³-hybridized carbons (Fsp3) is 0.0870. The Bertz CT molecular complexity index is 1480. The van der Waals surface area contributed by atoms with E-state index < -0.39 is 23.6 Å². The van der Waals surface area contributed by atoms with Gasteiger partial charge in [0.05, 0.1) is 17.5 Å². The molecule has 1 aliphatic heterocycles. The molecule has 0 atom stereocenters. The second-order valence-electron chi connectivity index (χ2n) is 7.33. The number of hydrogen-bond donors (Lipinski definition) is 1. The second-order valence-corrected chi connectivity index (χ2v) is 7.33. The third kappa shape index (κ3) is 3.98. The lowest BCUT2D eigenvalue weighted by molar-refractivity contribution is -0.137. The van der Waals surface area contributed by atoms with E-state index in [1.165, 1.54) is 22.8 Å². The van der Waals surface area contributed by atoms with Crippen LogP contribution in [0.4, 0.5) is 18.9 Å². The van der Waals surface area contributed by atoms with E-state index in [1.54, 1.807) is 36.5 Å². The smallest absolute Gasteiger partial charge is 0.406 e. The monoisotopic (exact) mass is 465 g/mol. The summed E-state index contributed by atoms with van der Waals surface area (Å²) in [6, 6.07) is 12.7. The van der Waals surface area contributed by atoms with Crippen LogP contribution in [-0.4, -0.2) is 38.9 Å². The van der Waals surface area contributed by atoms with Crippen LogP contribution in [0.3, 0.4) is 0 Å². The van der Waals surface area contributed by atoms with Gasteiger partial charge in [-0.25, -0.2) is 19.3 Å². The van der Waals surface area contributed by atoms with E-state index in [1.807, 2.05) is 0 Å². The number of esters is 1. The zero-order valence-corrected chi connectivity index (χ0v) is 17.2. The Kier molecular flexibility index (Phi) is 5.08. The molecule has 0 radical (unpaired) electrons. The molecule has 34 heavy (non-hydrogen) atoms. The molecule has 0 fully saturated rings. The number of nitrogens with one attached hydrogen (secondary N) is 1. The molecule has 11 heteroatoms. The van der Waals surface area contributed by atoms with Gasteiger partial charge >= 0.3 is 12.1 Å². The van der Waals surface area contributed by atoms with Gasteiger partial charge in [0.2, 0.25) is 5.90 Å². The number of benzene rings is 2. The van der Waals surface area contributed by atoms with E-state index in [2.05, 4.69) is 20.4 Å². The summed E-state index contributed by atoms with van der Waals surface area (Å²) in [6.07, 6.45) is -1.50. The van der Waals surface area contributed by atoms with Crippen LogP contribution in [0.5, 0.6) is 0 Å². The molecule has 8 nitrogen and oxygen atoms in total. The maximum absolute atomic E-state index is 13.0. The normalized spacial score (nSPS) is 13.6. The van der Waals surface area contributed by atoms with Crippen LogP contribution in [0.15, 0.2) is 72.0 Å². The molecule has 1 amide bonds. The van der Waals surface area contributed by atoms with Crippen molar-refractivity contribution >= 4 is 29.1 Å². The van der Waals surface area contributed by atoms with E-state index in [0.29, 0.717) is 28.2 Å². The first-order chi connectivity index (χ1) is 16.3. The number of fused-ring (bicyclic) bond motifs is 1. The minimum Gasteiger partial charge on any atom is -0.406 e. The molecule has 2 aromatic carbocycles. The van der Waals surface area contributed by atoms with Crippen LogP contribution in [-0.2, 0) is 15.7 Å². The predicted molar refractivity (Wildman–Crippen MR) is 115 cm³/mol. The van der Waals surface area contributed by atoms with Crippen LogP contribution < -0.4 is 5.32 Å². The Morgan fingerprint density at radius 2 is 1.91 bits per heavy atom. The van der Waals surface area contributed by atoms with Gasteiger partial charge in [-0.2, -0.15) is 18.3 Å². The Labute approximate surface area is 189 Å². The number of aliphatic imine (C=N–C) groups is 1. The molecule has 0 aliphatic carbocycles. The maximum Gasteiger partial charge on any atom is 0.416 e. The number of nitrogens with zero attached hydrogens (tertiary/aromatic N) is 4. The van der Waals surface area contributed by atoms with E-state index >= 15 is 0 Å². The summed E-state index contributed by atoms with van der Waals surface area (Å²) < 4.78 is 45.5. The van der Waals surface area contributed by atoms with Gasteiger partial charge in [-0.15, -0.1) is 0 Å². The highest BCUT2D eigenvalue weighted by atomic mass is 19.4. The second kappa shape index (κ2) is 8.10. The zero-order valence-electron chi connectivity index (χ0n) is 17.2. The molecule has 4 aromatic rings. The Morgan fingerprint density at radius 3 is 2.68 bits per heavy atom. The number of carbonyl (C=O) groups excluding carboxylic acids is 2. The summed E-state index contributed by atoms with van der Waals surface area (Å²) in [6.45, 7) is -0.0695. The molecule has 170 valence electrons. The van der Waals surface area contributed by atoms with Crippen molar-refractivity contribution in [2.75, 3.05) is 11.9 Å². The zero-order chi connectivity index (χ0) is 23.9. The molecule has 0 bridgehead atoms. The predicted octanol–water partition coefficient (Wildman–Crippen LogP) is 3.97. The van der Waals surface area contributed by atoms with Crippen LogP contribution in [0.1, 0.15) is 21.5 Å². The van der Waals surface area contributed by atoms with Gasteiger partial charge in [0.1, 0.15) is 12.1 Å². The van der Waals surface area contributed by atoms with Crippen molar-refractivity contribution in [3.05, 3.63) is 83.7 Å². The van der Waals surface area contributed by atoms with Crippen LogP contribution >= 0.6 is 0 Å². The van der Waals surface area contributed by atoms with Crippen LogP contribution in [0.2, 0.25) is 0 Å². The Balaban J connectivity index is 1.44. The molecule has 0 unspecified atom stereocenters. The number of amides is 1. The van der Waals surface area contributed by atoms with E-state index in [9.17, 15) is 22.8 Å². The lowest BCUT2D eigenvalue weighted by Gasteiger charge is -2.11. The highest BCUT2D eigenvalue weighted by Gasteiger charge is 2.31.